The fourth-order valence-electron chi connectivity index (χ4n) is 0.238. The van der Waals surface area contributed by atoms with Gasteiger partial charge in [0.05, 0.1) is 0 Å². The van der Waals surface area contributed by atoms with E-state index >= 15 is 0 Å². The van der Waals surface area contributed by atoms with Crippen LogP contribution < -0.4 is 0 Å². The van der Waals surface area contributed by atoms with Gasteiger partial charge in [-0.25, -0.2) is 0 Å². The van der Waals surface area contributed by atoms with Crippen molar-refractivity contribution in [2.24, 2.45) is 0 Å². The van der Waals surface area contributed by atoms with E-state index in [0.29, 0.717) is 12.0 Å². The van der Waals surface area contributed by atoms with Crippen molar-refractivity contribution in [3.63, 3.8) is 0 Å². The van der Waals surface area contributed by atoms with E-state index in [2.05, 4.69) is 13.2 Å². The maximum absolute atomic E-state index is 8.19. The Morgan fingerprint density at radius 3 is 2.43 bits per heavy atom. The van der Waals surface area contributed by atoms with Gasteiger partial charge in [0.25, 0.3) is 0 Å². The van der Waals surface area contributed by atoms with Gasteiger partial charge in [-0.15, -0.1) is 6.58 Å². The first-order chi connectivity index (χ1) is 3.31. The second kappa shape index (κ2) is 3.62. The molecule has 0 aliphatic heterocycles. The number of allylic oxidation sites excluding steroid dienone is 1. The van der Waals surface area contributed by atoms with Crippen LogP contribution in [-0.4, -0.2) is 5.11 Å². The molecule has 0 rings (SSSR count). The molecule has 1 radical (unpaired) electrons. The van der Waals surface area contributed by atoms with E-state index in [-0.39, 0.29) is 0 Å². The smallest absolute Gasteiger partial charge is 0.105 e. The molecule has 0 heterocycles. The number of aliphatic hydroxyl groups excluding tert-OH is 1. The molecule has 1 nitrogen and oxygen atoms in total. The summed E-state index contributed by atoms with van der Waals surface area (Å²) >= 11 is 0. The van der Waals surface area contributed by atoms with E-state index in [1.54, 1.807) is 6.08 Å². The van der Waals surface area contributed by atoms with Crippen LogP contribution in [0.3, 0.4) is 0 Å². The Labute approximate surface area is 44.0 Å². The Morgan fingerprint density at radius 1 is 1.71 bits per heavy atom. The van der Waals surface area contributed by atoms with Crippen molar-refractivity contribution in [3.8, 4) is 0 Å². The molecule has 0 amide bonds. The number of rotatable bonds is 3. The first kappa shape index (κ1) is 6.44. The lowest BCUT2D eigenvalue weighted by Gasteiger charge is -1.89. The van der Waals surface area contributed by atoms with Crippen molar-refractivity contribution in [2.45, 2.75) is 6.42 Å². The highest BCUT2D eigenvalue weighted by atomic mass is 16.3. The second-order valence-electron chi connectivity index (χ2n) is 1.28. The van der Waals surface area contributed by atoms with Gasteiger partial charge in [0.15, 0.2) is 0 Å². The standard InChI is InChI=1S/C6H9O/c1-3-4-6(2)5-7/h3,5,7H,1-2,4H2. The van der Waals surface area contributed by atoms with Crippen LogP contribution in [0.25, 0.3) is 0 Å². The zero-order valence-electron chi connectivity index (χ0n) is 4.22. The van der Waals surface area contributed by atoms with Crippen molar-refractivity contribution in [1.82, 2.24) is 0 Å². The molecule has 0 aliphatic carbocycles. The van der Waals surface area contributed by atoms with Crippen molar-refractivity contribution in [2.75, 3.05) is 0 Å². The van der Waals surface area contributed by atoms with E-state index < -0.39 is 0 Å². The molecular formula is C6H9O. The topological polar surface area (TPSA) is 20.2 Å². The average molecular weight is 97.1 g/mol. The maximum atomic E-state index is 8.19. The lowest BCUT2D eigenvalue weighted by Crippen LogP contribution is -1.75. The van der Waals surface area contributed by atoms with Gasteiger partial charge < -0.3 is 5.11 Å². The Morgan fingerprint density at radius 2 is 2.29 bits per heavy atom. The van der Waals surface area contributed by atoms with E-state index in [1.807, 2.05) is 0 Å². The Bertz CT molecular complexity index is 74.2. The van der Waals surface area contributed by atoms with Gasteiger partial charge in [-0.1, -0.05) is 12.7 Å². The van der Waals surface area contributed by atoms with Crippen LogP contribution in [0.5, 0.6) is 0 Å². The molecule has 0 fully saturated rings. The van der Waals surface area contributed by atoms with Crippen LogP contribution in [0.4, 0.5) is 0 Å². The molecule has 0 unspecified atom stereocenters. The monoisotopic (exact) mass is 97.1 g/mol. The first-order valence-electron chi connectivity index (χ1n) is 2.07. The van der Waals surface area contributed by atoms with Crippen molar-refractivity contribution in [1.29, 1.82) is 0 Å². The van der Waals surface area contributed by atoms with Crippen LogP contribution in [0, 0.1) is 6.61 Å². The zero-order valence-corrected chi connectivity index (χ0v) is 4.22. The summed E-state index contributed by atoms with van der Waals surface area (Å²) < 4.78 is 0. The Kier molecular flexibility index (Phi) is 3.33. The van der Waals surface area contributed by atoms with Gasteiger partial charge in [0.1, 0.15) is 6.61 Å². The highest BCUT2D eigenvalue weighted by molar-refractivity contribution is 5.06. The van der Waals surface area contributed by atoms with Crippen molar-refractivity contribution < 1.29 is 5.11 Å². The third-order valence-electron chi connectivity index (χ3n) is 0.589. The summed E-state index contributed by atoms with van der Waals surface area (Å²) in [7, 11) is 0. The molecule has 0 spiro atoms. The number of hydrogen-bond donors (Lipinski definition) is 1. The molecule has 1 heteroatoms. The molecule has 0 bridgehead atoms. The van der Waals surface area contributed by atoms with Crippen molar-refractivity contribution in [3.05, 3.63) is 31.4 Å². The summed E-state index contributed by atoms with van der Waals surface area (Å²) in [6.45, 7) is 7.93. The van der Waals surface area contributed by atoms with E-state index in [0.717, 1.165) is 6.61 Å². The predicted molar refractivity (Wildman–Crippen MR) is 30.2 cm³/mol. The van der Waals surface area contributed by atoms with Crippen molar-refractivity contribution >= 4 is 0 Å². The molecule has 0 aromatic carbocycles. The molecule has 7 heavy (non-hydrogen) atoms. The maximum Gasteiger partial charge on any atom is 0.105 e. The molecule has 39 valence electrons. The van der Waals surface area contributed by atoms with Gasteiger partial charge in [0, 0.05) is 0 Å². The van der Waals surface area contributed by atoms with Crippen LogP contribution in [0.2, 0.25) is 0 Å². The second-order valence-corrected chi connectivity index (χ2v) is 1.28. The summed E-state index contributed by atoms with van der Waals surface area (Å²) in [6.07, 6.45) is 2.35. The normalized spacial score (nSPS) is 8.14. The fraction of sp³-hybridized carbons (Fsp3) is 0.167. The first-order valence-corrected chi connectivity index (χ1v) is 2.07. The molecule has 0 saturated heterocycles. The lowest BCUT2D eigenvalue weighted by molar-refractivity contribution is 0.409. The summed E-state index contributed by atoms with van der Waals surface area (Å²) in [5.41, 5.74) is 0.690. The van der Waals surface area contributed by atoms with Crippen LogP contribution in [0.1, 0.15) is 6.42 Å². The average Bonchev–Trinajstić information content (AvgIpc) is 1.68. The largest absolute Gasteiger partial charge is 0.386 e. The predicted octanol–water partition coefficient (Wildman–Crippen LogP) is 1.65. The number of aliphatic hydroxyl groups is 1. The molecule has 0 atom stereocenters. The van der Waals surface area contributed by atoms with Crippen LogP contribution >= 0.6 is 0 Å². The van der Waals surface area contributed by atoms with Gasteiger partial charge >= 0.3 is 0 Å². The molecular weight excluding hydrogens is 88.1 g/mol. The summed E-state index contributed by atoms with van der Waals surface area (Å²) in [4.78, 5) is 0. The summed E-state index contributed by atoms with van der Waals surface area (Å²) in [5, 5.41) is 8.19. The zero-order chi connectivity index (χ0) is 5.70. The molecule has 0 aliphatic rings. The quantitative estimate of drug-likeness (QED) is 0.531. The minimum absolute atomic E-state index is 0.663. The summed E-state index contributed by atoms with van der Waals surface area (Å²) in [6, 6.07) is 0. The highest BCUT2D eigenvalue weighted by Crippen LogP contribution is 1.97. The third-order valence-corrected chi connectivity index (χ3v) is 0.589. The lowest BCUT2D eigenvalue weighted by atomic mass is 10.2. The van der Waals surface area contributed by atoms with Gasteiger partial charge in [-0.3, -0.25) is 0 Å². The minimum atomic E-state index is 0.663. The fourth-order valence-corrected chi connectivity index (χ4v) is 0.238. The van der Waals surface area contributed by atoms with Gasteiger partial charge in [0.2, 0.25) is 0 Å². The van der Waals surface area contributed by atoms with E-state index in [1.165, 1.54) is 0 Å². The van der Waals surface area contributed by atoms with Gasteiger partial charge in [-0.05, 0) is 12.0 Å². The minimum Gasteiger partial charge on any atom is -0.386 e. The molecule has 0 aromatic rings. The Balaban J connectivity index is 3.17. The van der Waals surface area contributed by atoms with E-state index in [9.17, 15) is 0 Å². The van der Waals surface area contributed by atoms with Gasteiger partial charge in [-0.2, -0.15) is 0 Å². The third kappa shape index (κ3) is 3.27. The highest BCUT2D eigenvalue weighted by Gasteiger charge is 1.83. The van der Waals surface area contributed by atoms with Crippen LogP contribution in [0.15, 0.2) is 24.8 Å². The molecule has 1 N–H and O–H groups in total. The Hall–Kier alpha value is -0.560. The molecule has 0 aromatic heterocycles. The van der Waals surface area contributed by atoms with Crippen LogP contribution in [-0.2, 0) is 0 Å². The summed E-state index contributed by atoms with van der Waals surface area (Å²) in [5.74, 6) is 0. The molecule has 0 saturated carbocycles. The SMILES string of the molecule is C=CCC(=C)[CH]O. The number of hydrogen-bond acceptors (Lipinski definition) is 1. The van der Waals surface area contributed by atoms with E-state index in [4.69, 9.17) is 5.11 Å².